The lowest BCUT2D eigenvalue weighted by molar-refractivity contribution is -0.137. The maximum absolute atomic E-state index is 13.4. The van der Waals surface area contributed by atoms with Gasteiger partial charge in [-0.25, -0.2) is 13.1 Å². The number of alkyl halides is 3. The van der Waals surface area contributed by atoms with E-state index in [0.29, 0.717) is 10.6 Å². The zero-order valence-electron chi connectivity index (χ0n) is 15.6. The lowest BCUT2D eigenvalue weighted by Gasteiger charge is -2.14. The molecule has 0 saturated carbocycles. The minimum Gasteiger partial charge on any atom is -0.232 e. The Balaban J connectivity index is 1.77. The monoisotopic (exact) mass is 448 g/mol. The van der Waals surface area contributed by atoms with E-state index in [2.05, 4.69) is 5.10 Å². The van der Waals surface area contributed by atoms with E-state index in [0.717, 1.165) is 22.8 Å². The van der Waals surface area contributed by atoms with Crippen LogP contribution in [0.1, 0.15) is 5.56 Å². The van der Waals surface area contributed by atoms with E-state index in [4.69, 9.17) is 0 Å². The summed E-state index contributed by atoms with van der Waals surface area (Å²) < 4.78 is 65.3. The third kappa shape index (κ3) is 3.90. The fourth-order valence-corrected chi connectivity index (χ4v) is 4.77. The zero-order chi connectivity index (χ0) is 21.5. The van der Waals surface area contributed by atoms with Crippen LogP contribution >= 0.6 is 11.3 Å². The molecule has 0 spiro atoms. The first-order valence-corrected chi connectivity index (χ1v) is 11.5. The Bertz CT molecular complexity index is 1320. The number of rotatable bonds is 4. The minimum atomic E-state index is -4.51. The van der Waals surface area contributed by atoms with Crippen LogP contribution in [0.2, 0.25) is 0 Å². The number of para-hydroxylation sites is 1. The van der Waals surface area contributed by atoms with E-state index in [1.807, 2.05) is 6.07 Å². The van der Waals surface area contributed by atoms with Crippen LogP contribution in [-0.2, 0) is 16.0 Å². The smallest absolute Gasteiger partial charge is 0.232 e. The molecule has 0 atom stereocenters. The Morgan fingerprint density at radius 3 is 2.40 bits per heavy atom. The minimum absolute atomic E-state index is 0.0565. The molecule has 2 aromatic carbocycles. The second-order valence-corrected chi connectivity index (χ2v) is 9.71. The van der Waals surface area contributed by atoms with Crippen molar-refractivity contribution in [1.82, 2.24) is 9.78 Å². The van der Waals surface area contributed by atoms with Crippen LogP contribution in [0, 0.1) is 0 Å². The van der Waals surface area contributed by atoms with Gasteiger partial charge < -0.3 is 0 Å². The first-order valence-electron chi connectivity index (χ1n) is 8.76. The van der Waals surface area contributed by atoms with Crippen LogP contribution in [0.4, 0.5) is 13.2 Å². The van der Waals surface area contributed by atoms with Gasteiger partial charge in [-0.3, -0.25) is 0 Å². The predicted octanol–water partition coefficient (Wildman–Crippen LogP) is 5.69. The fraction of sp³-hybridized carbons (Fsp3) is 0.0952. The fourth-order valence-electron chi connectivity index (χ4n) is 3.09. The average molecular weight is 448 g/mol. The summed E-state index contributed by atoms with van der Waals surface area (Å²) in [6, 6.07) is 17.1. The number of sulfone groups is 1. The van der Waals surface area contributed by atoms with Gasteiger partial charge in [0.1, 0.15) is 0 Å². The molecule has 9 heteroatoms. The highest BCUT2D eigenvalue weighted by Gasteiger charge is 2.34. The number of aromatic nitrogens is 2. The van der Waals surface area contributed by atoms with E-state index in [9.17, 15) is 21.6 Å². The number of halogens is 3. The van der Waals surface area contributed by atoms with E-state index in [1.165, 1.54) is 46.5 Å². The van der Waals surface area contributed by atoms with Gasteiger partial charge in [0.25, 0.3) is 0 Å². The predicted molar refractivity (Wildman–Crippen MR) is 110 cm³/mol. The van der Waals surface area contributed by atoms with Crippen LogP contribution in [0.25, 0.3) is 26.7 Å². The van der Waals surface area contributed by atoms with E-state index < -0.39 is 21.6 Å². The van der Waals surface area contributed by atoms with Crippen molar-refractivity contribution in [2.45, 2.75) is 11.1 Å². The Kier molecular flexibility index (Phi) is 5.03. The van der Waals surface area contributed by atoms with Crippen molar-refractivity contribution in [1.29, 1.82) is 0 Å². The topological polar surface area (TPSA) is 52.0 Å². The first-order chi connectivity index (χ1) is 14.1. The van der Waals surface area contributed by atoms with E-state index in [-0.39, 0.29) is 10.6 Å². The highest BCUT2D eigenvalue weighted by atomic mass is 32.2. The molecule has 154 valence electrons. The van der Waals surface area contributed by atoms with Crippen molar-refractivity contribution in [3.63, 3.8) is 0 Å². The number of nitrogens with zero attached hydrogens (tertiary/aromatic N) is 2. The van der Waals surface area contributed by atoms with E-state index >= 15 is 0 Å². The molecule has 30 heavy (non-hydrogen) atoms. The van der Waals surface area contributed by atoms with Gasteiger partial charge in [0.05, 0.1) is 32.9 Å². The van der Waals surface area contributed by atoms with Gasteiger partial charge in [-0.15, -0.1) is 11.3 Å². The first kappa shape index (κ1) is 20.4. The highest BCUT2D eigenvalue weighted by molar-refractivity contribution is 7.90. The SMILES string of the molecule is CS(=O)(=O)c1cccc(-c2ccc(-c3ccnn3-c3ccccc3C(F)(F)F)s2)c1. The number of hydrogen-bond donors (Lipinski definition) is 0. The largest absolute Gasteiger partial charge is 0.418 e. The number of hydrogen-bond acceptors (Lipinski definition) is 4. The zero-order valence-corrected chi connectivity index (χ0v) is 17.2. The van der Waals surface area contributed by atoms with Gasteiger partial charge in [0, 0.05) is 11.1 Å². The quantitative estimate of drug-likeness (QED) is 0.403. The Labute approximate surface area is 175 Å². The third-order valence-electron chi connectivity index (χ3n) is 4.49. The average Bonchev–Trinajstić information content (AvgIpc) is 3.36. The van der Waals surface area contributed by atoms with Crippen LogP contribution < -0.4 is 0 Å². The van der Waals surface area contributed by atoms with Gasteiger partial charge in [0.15, 0.2) is 9.84 Å². The Morgan fingerprint density at radius 2 is 1.67 bits per heavy atom. The molecule has 0 unspecified atom stereocenters. The van der Waals surface area contributed by atoms with Crippen molar-refractivity contribution in [3.05, 3.63) is 78.5 Å². The summed E-state index contributed by atoms with van der Waals surface area (Å²) in [5.41, 5.74) is 0.407. The summed E-state index contributed by atoms with van der Waals surface area (Å²) in [4.78, 5) is 1.72. The molecule has 2 heterocycles. The molecule has 2 aromatic heterocycles. The van der Waals surface area contributed by atoms with Crippen LogP contribution in [0.3, 0.4) is 0 Å². The maximum atomic E-state index is 13.4. The molecular formula is C21H15F3N2O2S2. The molecule has 4 rings (SSSR count). The molecule has 4 nitrogen and oxygen atoms in total. The molecule has 0 N–H and O–H groups in total. The maximum Gasteiger partial charge on any atom is 0.418 e. The molecule has 0 bridgehead atoms. The molecule has 0 amide bonds. The van der Waals surface area contributed by atoms with Crippen molar-refractivity contribution < 1.29 is 21.6 Å². The normalized spacial score (nSPS) is 12.3. The molecule has 0 radical (unpaired) electrons. The highest BCUT2D eigenvalue weighted by Crippen LogP contribution is 2.38. The van der Waals surface area contributed by atoms with Gasteiger partial charge in [-0.2, -0.15) is 18.3 Å². The molecule has 0 fully saturated rings. The summed E-state index contributed by atoms with van der Waals surface area (Å²) in [7, 11) is -3.35. The second-order valence-electron chi connectivity index (χ2n) is 6.61. The summed E-state index contributed by atoms with van der Waals surface area (Å²) >= 11 is 1.35. The van der Waals surface area contributed by atoms with Crippen molar-refractivity contribution in [3.8, 4) is 26.7 Å². The van der Waals surface area contributed by atoms with E-state index in [1.54, 1.807) is 30.3 Å². The summed E-state index contributed by atoms with van der Waals surface area (Å²) in [5, 5.41) is 4.11. The van der Waals surface area contributed by atoms with Gasteiger partial charge in [-0.05, 0) is 48.0 Å². The summed E-state index contributed by atoms with van der Waals surface area (Å²) in [6.45, 7) is 0. The molecule has 0 aliphatic heterocycles. The van der Waals surface area contributed by atoms with Crippen LogP contribution in [0.15, 0.2) is 77.8 Å². The van der Waals surface area contributed by atoms with Crippen LogP contribution in [0.5, 0.6) is 0 Å². The molecule has 0 aliphatic carbocycles. The molecular weight excluding hydrogens is 433 g/mol. The number of benzene rings is 2. The Morgan fingerprint density at radius 1 is 0.933 bits per heavy atom. The van der Waals surface area contributed by atoms with Crippen molar-refractivity contribution in [2.24, 2.45) is 0 Å². The van der Waals surface area contributed by atoms with Gasteiger partial charge >= 0.3 is 6.18 Å². The van der Waals surface area contributed by atoms with Gasteiger partial charge in [0.2, 0.25) is 0 Å². The Hall–Kier alpha value is -2.91. The number of thiophene rings is 1. The summed E-state index contributed by atoms with van der Waals surface area (Å²) in [5.74, 6) is 0. The van der Waals surface area contributed by atoms with Crippen molar-refractivity contribution >= 4 is 21.2 Å². The molecule has 0 aliphatic rings. The summed E-state index contributed by atoms with van der Waals surface area (Å²) in [6.07, 6.45) is -1.92. The second kappa shape index (κ2) is 7.41. The molecule has 0 saturated heterocycles. The molecule has 4 aromatic rings. The lowest BCUT2D eigenvalue weighted by Crippen LogP contribution is -2.11. The van der Waals surface area contributed by atoms with Crippen molar-refractivity contribution in [2.75, 3.05) is 6.26 Å². The lowest BCUT2D eigenvalue weighted by atomic mass is 10.1. The third-order valence-corrected chi connectivity index (χ3v) is 6.75. The standard InChI is InChI=1S/C21H15F3N2O2S2/c1-30(27,28)15-6-4-5-14(13-15)19-9-10-20(29-19)18-11-12-25-26(18)17-8-3-2-7-16(17)21(22,23)24/h2-13H,1H3. The van der Waals surface area contributed by atoms with Crippen LogP contribution in [-0.4, -0.2) is 24.5 Å². The van der Waals surface area contributed by atoms with Gasteiger partial charge in [-0.1, -0.05) is 24.3 Å².